The first-order valence-corrected chi connectivity index (χ1v) is 2.68. The molecular formula is H9CaLiMgO4Si. The fraction of sp³-hybridized carbons (Fsp3) is 0. The average Bonchev–Trinajstić information content (AvgIpc) is 0.722. The Morgan fingerprint density at radius 3 is 0.875 bits per heavy atom. The van der Waals surface area contributed by atoms with Crippen molar-refractivity contribution in [2.45, 2.75) is 0 Å². The minimum Gasteiger partial charge on any atom is 0.316 e. The van der Waals surface area contributed by atoms with Gasteiger partial charge in [-0.1, -0.05) is 0 Å². The topological polar surface area (TPSA) is 80.9 Å². The fourth-order valence-corrected chi connectivity index (χ4v) is 0. The van der Waals surface area contributed by atoms with Crippen molar-refractivity contribution in [2.24, 2.45) is 0 Å². The third-order valence-corrected chi connectivity index (χ3v) is 0. The molecule has 0 heterocycles. The summed E-state index contributed by atoms with van der Waals surface area (Å²) in [6, 6.07) is 0. The molecule has 8 heteroatoms. The normalized spacial score (nSPS) is 7.50. The van der Waals surface area contributed by atoms with Crippen LogP contribution in [0.1, 0.15) is 0 Å². The second kappa shape index (κ2) is 9.68. The molecule has 8 heavy (non-hydrogen) atoms. The molecule has 0 aromatic rings. The zero-order valence-electron chi connectivity index (χ0n) is 2.29. The molecule has 0 rings (SSSR count). The first-order chi connectivity index (χ1) is 2.00. The van der Waals surface area contributed by atoms with Crippen LogP contribution in [0.4, 0.5) is 0 Å². The van der Waals surface area contributed by atoms with E-state index in [-0.39, 0.29) is 79.7 Å². The Kier molecular flexibility index (Phi) is 27.1. The van der Waals surface area contributed by atoms with Crippen molar-refractivity contribution >= 4 is 88.7 Å². The predicted molar refractivity (Wildman–Crippen MR) is 38.9 cm³/mol. The Morgan fingerprint density at radius 1 is 0.875 bits per heavy atom. The monoisotopic (exact) mass is 172 g/mol. The number of rotatable bonds is 0. The molecule has 0 aliphatic heterocycles. The first-order valence-electron chi connectivity index (χ1n) is 0.894. The van der Waals surface area contributed by atoms with Gasteiger partial charge in [-0.05, 0) is 0 Å². The summed E-state index contributed by atoms with van der Waals surface area (Å²) in [7, 11) is -4.61. The van der Waals surface area contributed by atoms with Crippen molar-refractivity contribution in [3.05, 3.63) is 0 Å². The SMILES string of the molecule is O[Si](O)(O)O.[CaH2].[LiH].[MgH2]. The molecule has 0 aliphatic carbocycles. The summed E-state index contributed by atoms with van der Waals surface area (Å²) in [4.78, 5) is 29.3. The molecule has 0 fully saturated rings. The molecule has 0 amide bonds. The van der Waals surface area contributed by atoms with Gasteiger partial charge >= 0.3 is 88.7 Å². The van der Waals surface area contributed by atoms with Gasteiger partial charge in [0.25, 0.3) is 0 Å². The van der Waals surface area contributed by atoms with Crippen LogP contribution in [0.5, 0.6) is 0 Å². The molecule has 0 aromatic heterocycles. The summed E-state index contributed by atoms with van der Waals surface area (Å²) >= 11 is 0. The molecule has 4 N–H and O–H groups in total. The summed E-state index contributed by atoms with van der Waals surface area (Å²) in [5, 5.41) is 0. The van der Waals surface area contributed by atoms with E-state index in [0.29, 0.717) is 0 Å². The van der Waals surface area contributed by atoms with Gasteiger partial charge in [-0.15, -0.1) is 0 Å². The van der Waals surface area contributed by atoms with Gasteiger partial charge in [-0.3, -0.25) is 0 Å². The summed E-state index contributed by atoms with van der Waals surface area (Å²) < 4.78 is 0. The maximum Gasteiger partial charge on any atom is 0.316 e. The molecule has 0 unspecified atom stereocenters. The standard InChI is InChI=1S/Ca.Li.Mg.H4O4Si.5H/c;;;1-5(2,3)4;;;;;/h;;;1-4H;;;;;. The van der Waals surface area contributed by atoms with Crippen molar-refractivity contribution in [2.75, 3.05) is 0 Å². The van der Waals surface area contributed by atoms with Crippen molar-refractivity contribution < 1.29 is 19.2 Å². The van der Waals surface area contributed by atoms with E-state index in [1.165, 1.54) is 0 Å². The Balaban J connectivity index is -0.0000000267. The first kappa shape index (κ1) is 22.4. The van der Waals surface area contributed by atoms with Crippen molar-refractivity contribution in [3.63, 3.8) is 0 Å². The van der Waals surface area contributed by atoms with Crippen molar-refractivity contribution in [3.8, 4) is 0 Å². The van der Waals surface area contributed by atoms with E-state index >= 15 is 0 Å². The Bertz CT molecular complexity index is 31.5. The number of hydrogen-bond acceptors (Lipinski definition) is 4. The zero-order chi connectivity index (χ0) is 4.50. The van der Waals surface area contributed by atoms with E-state index in [1.807, 2.05) is 0 Å². The third kappa shape index (κ3) is 71.3. The van der Waals surface area contributed by atoms with Crippen LogP contribution in [0.25, 0.3) is 0 Å². The van der Waals surface area contributed by atoms with Crippen LogP contribution >= 0.6 is 0 Å². The van der Waals surface area contributed by atoms with E-state index in [2.05, 4.69) is 0 Å². The van der Waals surface area contributed by atoms with Crippen LogP contribution < -0.4 is 0 Å². The summed E-state index contributed by atoms with van der Waals surface area (Å²) in [5.41, 5.74) is 0. The minimum atomic E-state index is -4.61. The maximum absolute atomic E-state index is 7.33. The van der Waals surface area contributed by atoms with Gasteiger partial charge in [-0.25, -0.2) is 0 Å². The molecule has 0 radical (unpaired) electrons. The molecule has 0 saturated heterocycles. The molecule has 0 spiro atoms. The quantitative estimate of drug-likeness (QED) is 0.276. The van der Waals surface area contributed by atoms with Gasteiger partial charge in [-0.2, -0.15) is 0 Å². The van der Waals surface area contributed by atoms with Crippen molar-refractivity contribution in [1.82, 2.24) is 0 Å². The van der Waals surface area contributed by atoms with Crippen LogP contribution in [-0.4, -0.2) is 108 Å². The Morgan fingerprint density at radius 2 is 0.875 bits per heavy atom. The summed E-state index contributed by atoms with van der Waals surface area (Å²) in [5.74, 6) is 0. The molecule has 0 aromatic carbocycles. The van der Waals surface area contributed by atoms with E-state index < -0.39 is 9.05 Å². The molecular weight excluding hydrogens is 163 g/mol. The molecule has 0 aliphatic rings. The van der Waals surface area contributed by atoms with Crippen LogP contribution in [0, 0.1) is 0 Å². The van der Waals surface area contributed by atoms with Gasteiger partial charge in [0, 0.05) is 0 Å². The maximum atomic E-state index is 7.33. The molecule has 42 valence electrons. The Hall–Kier alpha value is 2.68. The second-order valence-corrected chi connectivity index (χ2v) is 1.80. The van der Waals surface area contributed by atoms with Crippen LogP contribution in [0.3, 0.4) is 0 Å². The fourth-order valence-electron chi connectivity index (χ4n) is 0. The van der Waals surface area contributed by atoms with Crippen LogP contribution in [0.15, 0.2) is 0 Å². The summed E-state index contributed by atoms with van der Waals surface area (Å²) in [6.07, 6.45) is 0. The zero-order valence-corrected chi connectivity index (χ0v) is 3.29. The average molecular weight is 172 g/mol. The predicted octanol–water partition coefficient (Wildman–Crippen LogP) is -5.09. The Labute approximate surface area is 106 Å². The van der Waals surface area contributed by atoms with Gasteiger partial charge < -0.3 is 19.2 Å². The molecule has 0 atom stereocenters. The molecule has 0 bridgehead atoms. The van der Waals surface area contributed by atoms with Crippen LogP contribution in [0.2, 0.25) is 0 Å². The third-order valence-electron chi connectivity index (χ3n) is 0. The van der Waals surface area contributed by atoms with E-state index in [9.17, 15) is 0 Å². The van der Waals surface area contributed by atoms with Crippen molar-refractivity contribution in [1.29, 1.82) is 0 Å². The number of hydrogen-bond donors (Lipinski definition) is 4. The van der Waals surface area contributed by atoms with Gasteiger partial charge in [0.15, 0.2) is 0 Å². The molecule has 4 nitrogen and oxygen atoms in total. The van der Waals surface area contributed by atoms with E-state index in [4.69, 9.17) is 19.2 Å². The smallest absolute Gasteiger partial charge is 0.316 e. The van der Waals surface area contributed by atoms with E-state index in [0.717, 1.165) is 0 Å². The minimum absolute atomic E-state index is 0. The molecule has 0 saturated carbocycles. The largest absolute Gasteiger partial charge is 0.316 e. The van der Waals surface area contributed by atoms with Gasteiger partial charge in [0.1, 0.15) is 0 Å². The van der Waals surface area contributed by atoms with Gasteiger partial charge in [0.2, 0.25) is 0 Å². The summed E-state index contributed by atoms with van der Waals surface area (Å²) in [6.45, 7) is 0. The second-order valence-electron chi connectivity index (χ2n) is 0.600. The van der Waals surface area contributed by atoms with E-state index in [1.54, 1.807) is 0 Å². The van der Waals surface area contributed by atoms with Gasteiger partial charge in [0.05, 0.1) is 0 Å². The van der Waals surface area contributed by atoms with Crippen LogP contribution in [-0.2, 0) is 0 Å².